The lowest BCUT2D eigenvalue weighted by Crippen LogP contribution is -2.52. The van der Waals surface area contributed by atoms with Crippen LogP contribution in [-0.4, -0.2) is 33.7 Å². The summed E-state index contributed by atoms with van der Waals surface area (Å²) >= 11 is 0. The Hall–Kier alpha value is -1.38. The van der Waals surface area contributed by atoms with Crippen LogP contribution in [0, 0.1) is 58.2 Å². The summed E-state index contributed by atoms with van der Waals surface area (Å²) in [6, 6.07) is 2.21. The van der Waals surface area contributed by atoms with Crippen molar-refractivity contribution in [3.05, 3.63) is 18.0 Å². The van der Waals surface area contributed by atoms with Gasteiger partial charge in [0.25, 0.3) is 0 Å². The topological polar surface area (TPSA) is 71.1 Å². The van der Waals surface area contributed by atoms with Crippen molar-refractivity contribution in [2.24, 2.45) is 46.8 Å². The molecule has 4 aliphatic rings. The average Bonchev–Trinajstić information content (AvgIpc) is 3.40. The standard InChI is InChI=1S/C28H43N3O2/c1-4-33-18-28(32)12-10-22-21(13-28)5-6-24-23(22)9-11-27(3)25(7-8-26(24)27)19(2)16-31-17-20(14-29)15-30-31/h15,17,19,21-26,32H,4-13,16,18H2,1-3H3/t19-,21-,22+,23-,24-,25?,26+,27-,28-/m1/s1. The quantitative estimate of drug-likeness (QED) is 0.624. The van der Waals surface area contributed by atoms with Crippen molar-refractivity contribution in [2.45, 2.75) is 90.7 Å². The van der Waals surface area contributed by atoms with E-state index in [0.29, 0.717) is 36.0 Å². The number of aromatic nitrogens is 2. The lowest BCUT2D eigenvalue weighted by molar-refractivity contribution is -0.129. The first-order valence-corrected chi connectivity index (χ1v) is 13.6. The van der Waals surface area contributed by atoms with Gasteiger partial charge in [0.05, 0.1) is 24.0 Å². The first-order chi connectivity index (χ1) is 15.9. The Kier molecular flexibility index (Phi) is 6.38. The zero-order valence-corrected chi connectivity index (χ0v) is 20.9. The number of fused-ring (bicyclic) bond motifs is 5. The van der Waals surface area contributed by atoms with Crippen molar-refractivity contribution in [3.8, 4) is 6.07 Å². The maximum Gasteiger partial charge on any atom is 0.102 e. The van der Waals surface area contributed by atoms with E-state index in [1.54, 1.807) is 6.20 Å². The Bertz CT molecular complexity index is 877. The van der Waals surface area contributed by atoms with Crippen molar-refractivity contribution >= 4 is 0 Å². The Morgan fingerprint density at radius 3 is 2.76 bits per heavy atom. The zero-order chi connectivity index (χ0) is 23.2. The normalized spacial score (nSPS) is 43.2. The van der Waals surface area contributed by atoms with Crippen LogP contribution in [-0.2, 0) is 11.3 Å². The molecule has 0 amide bonds. The number of ether oxygens (including phenoxy) is 1. The van der Waals surface area contributed by atoms with E-state index in [0.717, 1.165) is 49.0 Å². The van der Waals surface area contributed by atoms with Crippen LogP contribution >= 0.6 is 0 Å². The Morgan fingerprint density at radius 2 is 2.00 bits per heavy atom. The molecule has 0 radical (unpaired) electrons. The van der Waals surface area contributed by atoms with Gasteiger partial charge in [0.2, 0.25) is 0 Å². The molecule has 4 fully saturated rings. The maximum absolute atomic E-state index is 11.1. The first-order valence-electron chi connectivity index (χ1n) is 13.6. The first kappa shape index (κ1) is 23.4. The molecule has 1 N–H and O–H groups in total. The second-order valence-electron chi connectivity index (χ2n) is 12.3. The number of nitriles is 1. The summed E-state index contributed by atoms with van der Waals surface area (Å²) < 4.78 is 7.63. The van der Waals surface area contributed by atoms with Gasteiger partial charge in [-0.15, -0.1) is 0 Å². The van der Waals surface area contributed by atoms with Crippen LogP contribution in [0.15, 0.2) is 12.4 Å². The minimum absolute atomic E-state index is 0.447. The molecule has 182 valence electrons. The number of hydrogen-bond donors (Lipinski definition) is 1. The highest BCUT2D eigenvalue weighted by Gasteiger charge is 2.58. The van der Waals surface area contributed by atoms with Crippen LogP contribution in [0.1, 0.15) is 84.1 Å². The molecule has 0 aromatic carbocycles. The highest BCUT2D eigenvalue weighted by Crippen LogP contribution is 2.65. The second-order valence-corrected chi connectivity index (χ2v) is 12.3. The van der Waals surface area contributed by atoms with Gasteiger partial charge < -0.3 is 9.84 Å². The third kappa shape index (κ3) is 4.16. The Balaban J connectivity index is 1.26. The van der Waals surface area contributed by atoms with Gasteiger partial charge in [-0.2, -0.15) is 10.4 Å². The summed E-state index contributed by atoms with van der Waals surface area (Å²) in [5.41, 5.74) is 0.526. The van der Waals surface area contributed by atoms with E-state index >= 15 is 0 Å². The largest absolute Gasteiger partial charge is 0.387 e. The Morgan fingerprint density at radius 1 is 1.18 bits per heavy atom. The third-order valence-corrected chi connectivity index (χ3v) is 10.7. The highest BCUT2D eigenvalue weighted by atomic mass is 16.5. The molecule has 1 unspecified atom stereocenters. The summed E-state index contributed by atoms with van der Waals surface area (Å²) in [6.07, 6.45) is 14.8. The summed E-state index contributed by atoms with van der Waals surface area (Å²) in [4.78, 5) is 0. The average molecular weight is 454 g/mol. The summed E-state index contributed by atoms with van der Waals surface area (Å²) in [5.74, 6) is 5.47. The van der Waals surface area contributed by atoms with Gasteiger partial charge in [-0.3, -0.25) is 4.68 Å². The monoisotopic (exact) mass is 453 g/mol. The van der Waals surface area contributed by atoms with Crippen molar-refractivity contribution < 1.29 is 9.84 Å². The van der Waals surface area contributed by atoms with E-state index in [4.69, 9.17) is 10.00 Å². The van der Waals surface area contributed by atoms with Gasteiger partial charge in [0, 0.05) is 19.3 Å². The van der Waals surface area contributed by atoms with E-state index < -0.39 is 5.60 Å². The van der Waals surface area contributed by atoms with Gasteiger partial charge in [-0.1, -0.05) is 13.8 Å². The minimum Gasteiger partial charge on any atom is -0.387 e. The molecule has 1 heterocycles. The predicted octanol–water partition coefficient (Wildman–Crippen LogP) is 5.43. The van der Waals surface area contributed by atoms with E-state index in [2.05, 4.69) is 25.0 Å². The lowest BCUT2D eigenvalue weighted by Gasteiger charge is -2.57. The number of rotatable bonds is 6. The van der Waals surface area contributed by atoms with Crippen molar-refractivity contribution in [1.29, 1.82) is 5.26 Å². The van der Waals surface area contributed by atoms with Crippen molar-refractivity contribution in [1.82, 2.24) is 9.78 Å². The molecule has 5 rings (SSSR count). The molecule has 33 heavy (non-hydrogen) atoms. The van der Waals surface area contributed by atoms with E-state index in [-0.39, 0.29) is 0 Å². The lowest BCUT2D eigenvalue weighted by atomic mass is 9.48. The predicted molar refractivity (Wildman–Crippen MR) is 128 cm³/mol. The van der Waals surface area contributed by atoms with Crippen LogP contribution in [0.2, 0.25) is 0 Å². The second kappa shape index (κ2) is 9.00. The van der Waals surface area contributed by atoms with Gasteiger partial charge in [0.1, 0.15) is 6.07 Å². The fourth-order valence-corrected chi connectivity index (χ4v) is 9.30. The fraction of sp³-hybridized carbons (Fsp3) is 0.857. The van der Waals surface area contributed by atoms with Crippen LogP contribution in [0.3, 0.4) is 0 Å². The molecular weight excluding hydrogens is 410 g/mol. The summed E-state index contributed by atoms with van der Waals surface area (Å²) in [6.45, 7) is 9.18. The third-order valence-electron chi connectivity index (χ3n) is 10.7. The molecule has 5 nitrogen and oxygen atoms in total. The molecule has 0 bridgehead atoms. The highest BCUT2D eigenvalue weighted by molar-refractivity contribution is 5.21. The number of aliphatic hydroxyl groups is 1. The number of nitrogens with zero attached hydrogens (tertiary/aromatic N) is 3. The van der Waals surface area contributed by atoms with Crippen LogP contribution < -0.4 is 0 Å². The molecule has 4 aliphatic carbocycles. The van der Waals surface area contributed by atoms with Crippen LogP contribution in [0.5, 0.6) is 0 Å². The van der Waals surface area contributed by atoms with Gasteiger partial charge in [-0.25, -0.2) is 0 Å². The van der Waals surface area contributed by atoms with Crippen LogP contribution in [0.4, 0.5) is 0 Å². The molecule has 0 saturated heterocycles. The van der Waals surface area contributed by atoms with Gasteiger partial charge >= 0.3 is 0 Å². The molecular formula is C28H43N3O2. The molecule has 4 saturated carbocycles. The van der Waals surface area contributed by atoms with Gasteiger partial charge in [-0.05, 0) is 112 Å². The van der Waals surface area contributed by atoms with Crippen molar-refractivity contribution in [3.63, 3.8) is 0 Å². The smallest absolute Gasteiger partial charge is 0.102 e. The Labute approximate surface area is 199 Å². The molecule has 1 aromatic rings. The maximum atomic E-state index is 11.1. The summed E-state index contributed by atoms with van der Waals surface area (Å²) in [5, 5.41) is 24.7. The fourth-order valence-electron chi connectivity index (χ4n) is 9.30. The van der Waals surface area contributed by atoms with Crippen molar-refractivity contribution in [2.75, 3.05) is 13.2 Å². The minimum atomic E-state index is -0.584. The molecule has 0 aliphatic heterocycles. The van der Waals surface area contributed by atoms with Gasteiger partial charge in [0.15, 0.2) is 0 Å². The molecule has 1 aromatic heterocycles. The summed E-state index contributed by atoms with van der Waals surface area (Å²) in [7, 11) is 0. The van der Waals surface area contributed by atoms with E-state index in [1.807, 2.05) is 17.8 Å². The van der Waals surface area contributed by atoms with Crippen LogP contribution in [0.25, 0.3) is 0 Å². The SMILES string of the molecule is CCOC[C@@]1(O)CC[C@H]2[C@H](CC[C@@H]3[C@@H]2CC[C@]2(C)C([C@H](C)Cn4cc(C#N)cn4)CC[C@@H]32)C1. The van der Waals surface area contributed by atoms with E-state index in [9.17, 15) is 5.11 Å². The van der Waals surface area contributed by atoms with E-state index in [1.165, 1.54) is 44.9 Å². The number of hydrogen-bond acceptors (Lipinski definition) is 4. The molecule has 0 spiro atoms. The zero-order valence-electron chi connectivity index (χ0n) is 20.9. The molecule has 9 atom stereocenters. The molecule has 5 heteroatoms.